The van der Waals surface area contributed by atoms with Crippen molar-refractivity contribution in [2.24, 2.45) is 11.8 Å². The van der Waals surface area contributed by atoms with E-state index in [9.17, 15) is 22.8 Å². The van der Waals surface area contributed by atoms with E-state index in [0.717, 1.165) is 0 Å². The average molecular weight is 660 g/mol. The minimum absolute atomic E-state index is 0.0137. The van der Waals surface area contributed by atoms with Crippen LogP contribution in [0.4, 0.5) is 13.2 Å². The quantitative estimate of drug-likeness (QED) is 0.111. The van der Waals surface area contributed by atoms with Crippen LogP contribution in [0.5, 0.6) is 23.0 Å². The summed E-state index contributed by atoms with van der Waals surface area (Å²) < 4.78 is 65.9. The molecule has 246 valence electrons. The normalized spacial score (nSPS) is 11.9. The van der Waals surface area contributed by atoms with Crippen molar-refractivity contribution in [1.29, 1.82) is 0 Å². The van der Waals surface area contributed by atoms with E-state index in [4.69, 9.17) is 30.2 Å². The fourth-order valence-electron chi connectivity index (χ4n) is 5.07. The van der Waals surface area contributed by atoms with Gasteiger partial charge in [0.2, 0.25) is 11.2 Å². The van der Waals surface area contributed by atoms with E-state index in [2.05, 4.69) is 0 Å². The first-order valence-corrected chi connectivity index (χ1v) is 15.4. The fraction of sp³-hybridized carbons (Fsp3) is 0.371. The molecule has 3 aromatic carbocycles. The third-order valence-electron chi connectivity index (χ3n) is 6.92. The number of aryl methyl sites for hydroxylation is 1. The molecule has 46 heavy (non-hydrogen) atoms. The monoisotopic (exact) mass is 659 g/mol. The number of halogens is 4. The van der Waals surface area contributed by atoms with Crippen LogP contribution in [0.15, 0.2) is 63.8 Å². The van der Waals surface area contributed by atoms with Crippen molar-refractivity contribution in [2.75, 3.05) is 19.7 Å². The molecule has 7 nitrogen and oxygen atoms in total. The molecular formula is C35H37ClF3NO6. The summed E-state index contributed by atoms with van der Waals surface area (Å²) in [4.78, 5) is 29.0. The van der Waals surface area contributed by atoms with Crippen LogP contribution in [-0.2, 0) is 12.7 Å². The highest BCUT2D eigenvalue weighted by molar-refractivity contribution is 6.31. The zero-order valence-electron chi connectivity index (χ0n) is 26.6. The van der Waals surface area contributed by atoms with Crippen LogP contribution in [0.1, 0.15) is 61.9 Å². The molecule has 0 aliphatic rings. The Balaban J connectivity index is 1.90. The van der Waals surface area contributed by atoms with Gasteiger partial charge in [0.1, 0.15) is 22.8 Å². The van der Waals surface area contributed by atoms with Crippen molar-refractivity contribution < 1.29 is 36.6 Å². The number of hydrogen-bond acceptors (Lipinski definition) is 7. The van der Waals surface area contributed by atoms with E-state index in [1.807, 2.05) is 39.5 Å². The molecule has 1 aromatic heterocycles. The van der Waals surface area contributed by atoms with Crippen LogP contribution in [0.25, 0.3) is 11.0 Å². The highest BCUT2D eigenvalue weighted by Gasteiger charge is 2.41. The Morgan fingerprint density at radius 1 is 0.957 bits per heavy atom. The lowest BCUT2D eigenvalue weighted by atomic mass is 10.1. The van der Waals surface area contributed by atoms with Gasteiger partial charge in [-0.05, 0) is 85.8 Å². The molecule has 4 aromatic rings. The van der Waals surface area contributed by atoms with Gasteiger partial charge in [0, 0.05) is 24.7 Å². The zero-order valence-corrected chi connectivity index (χ0v) is 27.3. The molecule has 0 fully saturated rings. The molecule has 0 saturated carbocycles. The Morgan fingerprint density at radius 2 is 1.59 bits per heavy atom. The van der Waals surface area contributed by atoms with E-state index in [-0.39, 0.29) is 52.0 Å². The van der Waals surface area contributed by atoms with Crippen molar-refractivity contribution in [2.45, 2.75) is 54.3 Å². The number of carbonyl (C=O) groups excluding carboxylic acids is 1. The predicted molar refractivity (Wildman–Crippen MR) is 171 cm³/mol. The third-order valence-corrected chi connectivity index (χ3v) is 7.34. The SMILES string of the molecule is CCOc1ccc(C(=O)Oc2ccc3c(=O)c(Oc4ccc(Cl)c(C)c4)c(C(F)(F)F)oc3c2CN(CC(C)C)CC(C)C)cc1. The molecular weight excluding hydrogens is 623 g/mol. The summed E-state index contributed by atoms with van der Waals surface area (Å²) in [5, 5.41) is 0.233. The molecule has 0 atom stereocenters. The van der Waals surface area contributed by atoms with Crippen molar-refractivity contribution in [3.05, 3.63) is 92.3 Å². The molecule has 0 bridgehead atoms. The summed E-state index contributed by atoms with van der Waals surface area (Å²) in [6.07, 6.45) is -5.09. The largest absolute Gasteiger partial charge is 0.494 e. The number of benzene rings is 3. The molecule has 0 aliphatic heterocycles. The predicted octanol–water partition coefficient (Wildman–Crippen LogP) is 9.30. The van der Waals surface area contributed by atoms with Gasteiger partial charge in [0.25, 0.3) is 5.76 Å². The van der Waals surface area contributed by atoms with Gasteiger partial charge in [0.05, 0.1) is 23.1 Å². The maximum atomic E-state index is 14.5. The van der Waals surface area contributed by atoms with E-state index in [1.165, 1.54) is 42.5 Å². The molecule has 0 spiro atoms. The Morgan fingerprint density at radius 3 is 2.15 bits per heavy atom. The molecule has 0 saturated heterocycles. The molecule has 0 unspecified atom stereocenters. The minimum Gasteiger partial charge on any atom is -0.494 e. The van der Waals surface area contributed by atoms with E-state index in [0.29, 0.717) is 36.0 Å². The number of fused-ring (bicyclic) bond motifs is 1. The van der Waals surface area contributed by atoms with Crippen molar-refractivity contribution in [3.63, 3.8) is 0 Å². The number of nitrogens with zero attached hydrogens (tertiary/aromatic N) is 1. The van der Waals surface area contributed by atoms with E-state index < -0.39 is 29.1 Å². The first-order valence-electron chi connectivity index (χ1n) is 15.0. The van der Waals surface area contributed by atoms with Gasteiger partial charge in [0.15, 0.2) is 0 Å². The van der Waals surface area contributed by atoms with Crippen LogP contribution in [0, 0.1) is 18.8 Å². The summed E-state index contributed by atoms with van der Waals surface area (Å²) in [5.74, 6) is -2.40. The van der Waals surface area contributed by atoms with Gasteiger partial charge < -0.3 is 18.6 Å². The second kappa shape index (κ2) is 14.6. The summed E-state index contributed by atoms with van der Waals surface area (Å²) in [6.45, 7) is 13.3. The molecule has 1 heterocycles. The standard InChI is InChI=1S/C35H37ClF3NO6/c1-7-43-24-10-8-23(9-11-24)34(42)45-29-15-13-26-30(41)32(44-25-12-14-28(36)22(6)16-25)33(35(37,38)39)46-31(26)27(29)19-40(17-20(2)3)18-21(4)5/h8-16,20-21H,7,17-19H2,1-6H3. The van der Waals surface area contributed by atoms with E-state index >= 15 is 0 Å². The van der Waals surface area contributed by atoms with Gasteiger partial charge in [-0.15, -0.1) is 0 Å². The highest BCUT2D eigenvalue weighted by Crippen LogP contribution is 2.41. The molecule has 0 radical (unpaired) electrons. The molecule has 0 aliphatic carbocycles. The van der Waals surface area contributed by atoms with Crippen LogP contribution >= 0.6 is 11.6 Å². The van der Waals surface area contributed by atoms with Gasteiger partial charge >= 0.3 is 12.1 Å². The molecule has 0 N–H and O–H groups in total. The lowest BCUT2D eigenvalue weighted by Gasteiger charge is -2.27. The summed E-state index contributed by atoms with van der Waals surface area (Å²) >= 11 is 6.07. The second-order valence-electron chi connectivity index (χ2n) is 11.8. The number of alkyl halides is 3. The lowest BCUT2D eigenvalue weighted by molar-refractivity contribution is -0.154. The van der Waals surface area contributed by atoms with Crippen LogP contribution in [0.3, 0.4) is 0 Å². The van der Waals surface area contributed by atoms with Gasteiger partial charge in [-0.3, -0.25) is 9.69 Å². The van der Waals surface area contributed by atoms with Crippen molar-refractivity contribution in [1.82, 2.24) is 4.90 Å². The molecule has 11 heteroatoms. The Kier molecular flexibility index (Phi) is 11.1. The molecule has 0 amide bonds. The smallest absolute Gasteiger partial charge is 0.453 e. The summed E-state index contributed by atoms with van der Waals surface area (Å²) in [5.41, 5.74) is -0.475. The van der Waals surface area contributed by atoms with Crippen molar-refractivity contribution in [3.8, 4) is 23.0 Å². The van der Waals surface area contributed by atoms with Gasteiger partial charge in [-0.25, -0.2) is 4.79 Å². The maximum Gasteiger partial charge on any atom is 0.453 e. The second-order valence-corrected chi connectivity index (χ2v) is 12.3. The Hall–Kier alpha value is -4.02. The Bertz CT molecular complexity index is 1740. The summed E-state index contributed by atoms with van der Waals surface area (Å²) in [7, 11) is 0. The van der Waals surface area contributed by atoms with Crippen LogP contribution in [-0.4, -0.2) is 30.6 Å². The highest BCUT2D eigenvalue weighted by atomic mass is 35.5. The van der Waals surface area contributed by atoms with E-state index in [1.54, 1.807) is 19.1 Å². The van der Waals surface area contributed by atoms with Crippen molar-refractivity contribution >= 4 is 28.5 Å². The topological polar surface area (TPSA) is 78.2 Å². The maximum absolute atomic E-state index is 14.5. The number of rotatable bonds is 12. The number of ether oxygens (including phenoxy) is 3. The third kappa shape index (κ3) is 8.41. The number of carbonyl (C=O) groups is 1. The van der Waals surface area contributed by atoms with Crippen LogP contribution < -0.4 is 19.6 Å². The molecule has 4 rings (SSSR count). The summed E-state index contributed by atoms with van der Waals surface area (Å²) in [6, 6.07) is 13.2. The first kappa shape index (κ1) is 34.8. The lowest BCUT2D eigenvalue weighted by Crippen LogP contribution is -2.31. The average Bonchev–Trinajstić information content (AvgIpc) is 2.96. The minimum atomic E-state index is -5.09. The van der Waals surface area contributed by atoms with Crippen LogP contribution in [0.2, 0.25) is 5.02 Å². The fourth-order valence-corrected chi connectivity index (χ4v) is 5.19. The number of hydrogen-bond donors (Lipinski definition) is 0. The van der Waals surface area contributed by atoms with Gasteiger partial charge in [-0.2, -0.15) is 13.2 Å². The number of esters is 1. The first-order chi connectivity index (χ1) is 21.7. The van der Waals surface area contributed by atoms with Gasteiger partial charge in [-0.1, -0.05) is 39.3 Å². The Labute approximate surface area is 270 Å². The zero-order chi connectivity index (χ0) is 33.8.